The molecule has 3 N–H and O–H groups in total. The van der Waals surface area contributed by atoms with Gasteiger partial charge in [-0.15, -0.1) is 0 Å². The van der Waals surface area contributed by atoms with Gasteiger partial charge >= 0.3 is 0 Å². The van der Waals surface area contributed by atoms with Crippen molar-refractivity contribution in [1.29, 1.82) is 5.41 Å². The number of carbonyl (C=O) groups excluding carboxylic acids is 1. The zero-order valence-electron chi connectivity index (χ0n) is 18.3. The van der Waals surface area contributed by atoms with Crippen LogP contribution in [0.15, 0.2) is 28.8 Å². The standard InChI is InChI=1S/C22H31N7O2/c1-15(2)14-19(30)28-12-10-27(11-13-28)17-7-5-16(6-8-17)20-25-21(31-26-20)18-4-3-9-29(18)22(23)24/h5-8,15,18H,3-4,9-14H2,1-2H3,(H3,23,24)/t18-/m0/s1. The molecule has 0 saturated carbocycles. The van der Waals surface area contributed by atoms with Gasteiger partial charge in [-0.05, 0) is 43.0 Å². The Kier molecular flexibility index (Phi) is 6.11. The Morgan fingerprint density at radius 2 is 1.90 bits per heavy atom. The van der Waals surface area contributed by atoms with Crippen molar-refractivity contribution in [1.82, 2.24) is 19.9 Å². The van der Waals surface area contributed by atoms with Crippen LogP contribution in [0, 0.1) is 11.3 Å². The lowest BCUT2D eigenvalue weighted by atomic mass is 10.1. The molecule has 2 aromatic rings. The van der Waals surface area contributed by atoms with E-state index in [0.29, 0.717) is 24.1 Å². The monoisotopic (exact) mass is 425 g/mol. The summed E-state index contributed by atoms with van der Waals surface area (Å²) in [7, 11) is 0. The molecular weight excluding hydrogens is 394 g/mol. The molecule has 2 aliphatic rings. The van der Waals surface area contributed by atoms with Crippen LogP contribution in [-0.2, 0) is 4.79 Å². The zero-order chi connectivity index (χ0) is 22.0. The van der Waals surface area contributed by atoms with E-state index >= 15 is 0 Å². The van der Waals surface area contributed by atoms with Crippen LogP contribution in [0.3, 0.4) is 0 Å². The Bertz CT molecular complexity index is 916. The van der Waals surface area contributed by atoms with Crippen LogP contribution in [0.1, 0.15) is 45.0 Å². The number of nitrogens with one attached hydrogen (secondary N) is 1. The van der Waals surface area contributed by atoms with Gasteiger partial charge in [0.25, 0.3) is 0 Å². The van der Waals surface area contributed by atoms with Crippen molar-refractivity contribution in [3.05, 3.63) is 30.2 Å². The number of carbonyl (C=O) groups is 1. The molecule has 9 nitrogen and oxygen atoms in total. The average molecular weight is 426 g/mol. The summed E-state index contributed by atoms with van der Waals surface area (Å²) >= 11 is 0. The Labute approximate surface area is 182 Å². The molecule has 2 saturated heterocycles. The summed E-state index contributed by atoms with van der Waals surface area (Å²) in [5, 5.41) is 11.9. The first kappa shape index (κ1) is 21.1. The van der Waals surface area contributed by atoms with Gasteiger partial charge in [0.1, 0.15) is 6.04 Å². The minimum Gasteiger partial charge on any atom is -0.370 e. The Balaban J connectivity index is 1.38. The van der Waals surface area contributed by atoms with Gasteiger partial charge in [0, 0.05) is 50.4 Å². The first-order valence-electron chi connectivity index (χ1n) is 11.0. The number of amides is 1. The molecule has 1 amide bonds. The van der Waals surface area contributed by atoms with E-state index in [9.17, 15) is 4.79 Å². The van der Waals surface area contributed by atoms with E-state index in [1.165, 1.54) is 0 Å². The number of nitrogens with two attached hydrogens (primary N) is 1. The smallest absolute Gasteiger partial charge is 0.249 e. The number of aromatic nitrogens is 2. The molecule has 2 aliphatic heterocycles. The highest BCUT2D eigenvalue weighted by atomic mass is 16.5. The molecule has 4 rings (SSSR count). The van der Waals surface area contributed by atoms with Gasteiger partial charge in [-0.1, -0.05) is 19.0 Å². The van der Waals surface area contributed by atoms with E-state index in [4.69, 9.17) is 15.7 Å². The summed E-state index contributed by atoms with van der Waals surface area (Å²) < 4.78 is 5.49. The number of piperazine rings is 1. The number of guanidine groups is 1. The minimum absolute atomic E-state index is 0.0394. The molecule has 0 radical (unpaired) electrons. The van der Waals surface area contributed by atoms with E-state index < -0.39 is 0 Å². The summed E-state index contributed by atoms with van der Waals surface area (Å²) in [6.07, 6.45) is 2.42. The van der Waals surface area contributed by atoms with Crippen LogP contribution in [0.4, 0.5) is 5.69 Å². The van der Waals surface area contributed by atoms with E-state index in [-0.39, 0.29) is 17.9 Å². The molecule has 1 atom stereocenters. The lowest BCUT2D eigenvalue weighted by molar-refractivity contribution is -0.132. The number of likely N-dealkylation sites (tertiary alicyclic amines) is 1. The molecule has 0 spiro atoms. The van der Waals surface area contributed by atoms with Crippen molar-refractivity contribution in [3.8, 4) is 11.4 Å². The third-order valence-corrected chi connectivity index (χ3v) is 5.99. The predicted octanol–water partition coefficient (Wildman–Crippen LogP) is 2.46. The van der Waals surface area contributed by atoms with Gasteiger partial charge in [0.2, 0.25) is 17.6 Å². The van der Waals surface area contributed by atoms with Gasteiger partial charge in [0.15, 0.2) is 5.96 Å². The maximum absolute atomic E-state index is 12.3. The highest BCUT2D eigenvalue weighted by Gasteiger charge is 2.31. The van der Waals surface area contributed by atoms with Crippen LogP contribution >= 0.6 is 0 Å². The number of nitrogens with zero attached hydrogens (tertiary/aromatic N) is 5. The molecule has 1 aromatic carbocycles. The predicted molar refractivity (Wildman–Crippen MR) is 119 cm³/mol. The van der Waals surface area contributed by atoms with Crippen molar-refractivity contribution in [2.24, 2.45) is 11.7 Å². The SMILES string of the molecule is CC(C)CC(=O)N1CCN(c2ccc(-c3noc([C@@H]4CCCN4C(=N)N)n3)cc2)CC1. The maximum atomic E-state index is 12.3. The van der Waals surface area contributed by atoms with Gasteiger partial charge in [0.05, 0.1) is 0 Å². The van der Waals surface area contributed by atoms with Crippen molar-refractivity contribution < 1.29 is 9.32 Å². The fourth-order valence-corrected chi connectivity index (χ4v) is 4.31. The van der Waals surface area contributed by atoms with Crippen LogP contribution in [-0.4, -0.2) is 64.5 Å². The van der Waals surface area contributed by atoms with E-state index in [1.807, 2.05) is 17.0 Å². The van der Waals surface area contributed by atoms with Crippen LogP contribution < -0.4 is 10.6 Å². The fourth-order valence-electron chi connectivity index (χ4n) is 4.31. The number of hydrogen-bond acceptors (Lipinski definition) is 6. The van der Waals surface area contributed by atoms with Gasteiger partial charge in [-0.2, -0.15) is 4.98 Å². The first-order chi connectivity index (χ1) is 14.9. The summed E-state index contributed by atoms with van der Waals surface area (Å²) in [4.78, 5) is 22.9. The third kappa shape index (κ3) is 4.65. The number of hydrogen-bond donors (Lipinski definition) is 2. The second kappa shape index (κ2) is 8.95. The van der Waals surface area contributed by atoms with E-state index in [0.717, 1.165) is 56.8 Å². The Morgan fingerprint density at radius 3 is 2.55 bits per heavy atom. The number of anilines is 1. The van der Waals surface area contributed by atoms with Crippen molar-refractivity contribution in [3.63, 3.8) is 0 Å². The van der Waals surface area contributed by atoms with E-state index in [2.05, 4.69) is 41.0 Å². The molecule has 0 unspecified atom stereocenters. The lowest BCUT2D eigenvalue weighted by Gasteiger charge is -2.36. The fraction of sp³-hybridized carbons (Fsp3) is 0.545. The Morgan fingerprint density at radius 1 is 1.19 bits per heavy atom. The zero-order valence-corrected chi connectivity index (χ0v) is 18.3. The van der Waals surface area contributed by atoms with Crippen molar-refractivity contribution in [2.45, 2.75) is 39.2 Å². The molecular formula is C22H31N7O2. The van der Waals surface area contributed by atoms with Crippen molar-refractivity contribution in [2.75, 3.05) is 37.6 Å². The topological polar surface area (TPSA) is 116 Å². The molecule has 2 fully saturated rings. The quantitative estimate of drug-likeness (QED) is 0.558. The second-order valence-electron chi connectivity index (χ2n) is 8.71. The van der Waals surface area contributed by atoms with E-state index in [1.54, 1.807) is 4.90 Å². The summed E-state index contributed by atoms with van der Waals surface area (Å²) in [5.74, 6) is 1.74. The minimum atomic E-state index is -0.118. The average Bonchev–Trinajstić information content (AvgIpc) is 3.43. The van der Waals surface area contributed by atoms with Crippen molar-refractivity contribution >= 4 is 17.6 Å². The maximum Gasteiger partial charge on any atom is 0.249 e. The number of benzene rings is 1. The van der Waals surface area contributed by atoms with Gasteiger partial charge in [-0.25, -0.2) is 0 Å². The summed E-state index contributed by atoms with van der Waals surface area (Å²) in [6.45, 7) is 8.08. The third-order valence-electron chi connectivity index (χ3n) is 5.99. The molecule has 0 aliphatic carbocycles. The Hall–Kier alpha value is -3.10. The molecule has 166 valence electrons. The summed E-state index contributed by atoms with van der Waals surface area (Å²) in [6, 6.07) is 8.01. The van der Waals surface area contributed by atoms with Crippen LogP contribution in [0.5, 0.6) is 0 Å². The first-order valence-corrected chi connectivity index (χ1v) is 11.0. The normalized spacial score (nSPS) is 19.3. The van der Waals surface area contributed by atoms with Crippen LogP contribution in [0.2, 0.25) is 0 Å². The molecule has 31 heavy (non-hydrogen) atoms. The molecule has 9 heteroatoms. The lowest BCUT2D eigenvalue weighted by Crippen LogP contribution is -2.49. The van der Waals surface area contributed by atoms with Gasteiger partial charge < -0.3 is 25.0 Å². The highest BCUT2D eigenvalue weighted by molar-refractivity contribution is 5.77. The second-order valence-corrected chi connectivity index (χ2v) is 8.71. The molecule has 3 heterocycles. The van der Waals surface area contributed by atoms with Gasteiger partial charge in [-0.3, -0.25) is 10.2 Å². The highest BCUT2D eigenvalue weighted by Crippen LogP contribution is 2.31. The largest absolute Gasteiger partial charge is 0.370 e. The molecule has 0 bridgehead atoms. The summed E-state index contributed by atoms with van der Waals surface area (Å²) in [5.41, 5.74) is 7.68. The molecule has 1 aromatic heterocycles. The van der Waals surface area contributed by atoms with Crippen LogP contribution in [0.25, 0.3) is 11.4 Å². The number of rotatable bonds is 5.